The standard InChI is InChI=1S/C11H9Cl2N3O2/c1-5-6(2)16-18-11(5)15-10(17)7-3-8(12)9(13)14-4-7/h3-4H,1-2H3,(H,15,17). The van der Waals surface area contributed by atoms with Crippen LogP contribution in [-0.2, 0) is 0 Å². The van der Waals surface area contributed by atoms with E-state index in [1.807, 2.05) is 0 Å². The fourth-order valence-electron chi connectivity index (χ4n) is 1.25. The summed E-state index contributed by atoms with van der Waals surface area (Å²) in [7, 11) is 0. The van der Waals surface area contributed by atoms with Gasteiger partial charge < -0.3 is 4.52 Å². The highest BCUT2D eigenvalue weighted by Gasteiger charge is 2.14. The molecule has 0 aliphatic rings. The average molecular weight is 286 g/mol. The minimum atomic E-state index is -0.389. The Balaban J connectivity index is 2.22. The normalized spacial score (nSPS) is 10.4. The van der Waals surface area contributed by atoms with Gasteiger partial charge in [0.15, 0.2) is 0 Å². The highest BCUT2D eigenvalue weighted by Crippen LogP contribution is 2.22. The molecule has 2 aromatic rings. The quantitative estimate of drug-likeness (QED) is 0.860. The second kappa shape index (κ2) is 4.96. The van der Waals surface area contributed by atoms with Crippen LogP contribution in [0.15, 0.2) is 16.8 Å². The van der Waals surface area contributed by atoms with Gasteiger partial charge in [-0.3, -0.25) is 10.1 Å². The van der Waals surface area contributed by atoms with Crippen LogP contribution >= 0.6 is 23.2 Å². The molecule has 94 valence electrons. The largest absolute Gasteiger partial charge is 0.338 e. The molecule has 1 amide bonds. The molecule has 1 N–H and O–H groups in total. The summed E-state index contributed by atoms with van der Waals surface area (Å²) in [5.41, 5.74) is 1.78. The van der Waals surface area contributed by atoms with Gasteiger partial charge in [0, 0.05) is 11.8 Å². The van der Waals surface area contributed by atoms with Crippen LogP contribution in [0.4, 0.5) is 5.88 Å². The third-order valence-electron chi connectivity index (χ3n) is 2.44. The van der Waals surface area contributed by atoms with E-state index < -0.39 is 0 Å². The number of carbonyl (C=O) groups excluding carboxylic acids is 1. The molecule has 5 nitrogen and oxygen atoms in total. The second-order valence-electron chi connectivity index (χ2n) is 3.67. The Morgan fingerprint density at radius 3 is 2.67 bits per heavy atom. The van der Waals surface area contributed by atoms with E-state index in [9.17, 15) is 4.79 Å². The van der Waals surface area contributed by atoms with Crippen molar-refractivity contribution in [2.24, 2.45) is 0 Å². The van der Waals surface area contributed by atoms with Gasteiger partial charge in [0.2, 0.25) is 5.88 Å². The fourth-order valence-corrected chi connectivity index (χ4v) is 1.52. The lowest BCUT2D eigenvalue weighted by Gasteiger charge is -2.03. The third kappa shape index (κ3) is 2.47. The number of carbonyl (C=O) groups is 1. The first-order valence-electron chi connectivity index (χ1n) is 5.04. The van der Waals surface area contributed by atoms with Crippen LogP contribution in [0.5, 0.6) is 0 Å². The maximum Gasteiger partial charge on any atom is 0.259 e. The average Bonchev–Trinajstić information content (AvgIpc) is 2.64. The lowest BCUT2D eigenvalue weighted by molar-refractivity contribution is 0.102. The van der Waals surface area contributed by atoms with E-state index in [0.717, 1.165) is 11.3 Å². The maximum absolute atomic E-state index is 11.9. The molecule has 2 heterocycles. The van der Waals surface area contributed by atoms with Crippen molar-refractivity contribution in [1.82, 2.24) is 10.1 Å². The zero-order chi connectivity index (χ0) is 13.3. The number of halogens is 2. The summed E-state index contributed by atoms with van der Waals surface area (Å²) in [5, 5.41) is 6.70. The van der Waals surface area contributed by atoms with Crippen molar-refractivity contribution in [2.75, 3.05) is 5.32 Å². The third-order valence-corrected chi connectivity index (χ3v) is 3.13. The molecule has 0 aromatic carbocycles. The Hall–Kier alpha value is -1.59. The molecule has 0 bridgehead atoms. The van der Waals surface area contributed by atoms with Crippen LogP contribution < -0.4 is 5.32 Å². The summed E-state index contributed by atoms with van der Waals surface area (Å²) in [4.78, 5) is 15.7. The van der Waals surface area contributed by atoms with Crippen LogP contribution in [0, 0.1) is 13.8 Å². The monoisotopic (exact) mass is 285 g/mol. The predicted molar refractivity (Wildman–Crippen MR) is 68.2 cm³/mol. The highest BCUT2D eigenvalue weighted by molar-refractivity contribution is 6.41. The summed E-state index contributed by atoms with van der Waals surface area (Å²) in [6, 6.07) is 1.44. The molecule has 0 aliphatic carbocycles. The summed E-state index contributed by atoms with van der Waals surface area (Å²) in [5.74, 6) is -0.0797. The maximum atomic E-state index is 11.9. The van der Waals surface area contributed by atoms with E-state index in [1.54, 1.807) is 13.8 Å². The molecule has 0 saturated heterocycles. The first kappa shape index (κ1) is 12.9. The van der Waals surface area contributed by atoms with Gasteiger partial charge in [-0.2, -0.15) is 0 Å². The Morgan fingerprint density at radius 1 is 1.39 bits per heavy atom. The number of anilines is 1. The number of aromatic nitrogens is 2. The molecular formula is C11H9Cl2N3O2. The minimum absolute atomic E-state index is 0.153. The zero-order valence-electron chi connectivity index (χ0n) is 9.62. The summed E-state index contributed by atoms with van der Waals surface area (Å²) >= 11 is 11.5. The van der Waals surface area contributed by atoms with E-state index in [0.29, 0.717) is 5.88 Å². The molecule has 0 saturated carbocycles. The minimum Gasteiger partial charge on any atom is -0.338 e. The SMILES string of the molecule is Cc1noc(NC(=O)c2cnc(Cl)c(Cl)c2)c1C. The van der Waals surface area contributed by atoms with Crippen LogP contribution in [0.25, 0.3) is 0 Å². The second-order valence-corrected chi connectivity index (χ2v) is 4.44. The topological polar surface area (TPSA) is 68.0 Å². The van der Waals surface area contributed by atoms with Crippen molar-refractivity contribution in [2.45, 2.75) is 13.8 Å². The Morgan fingerprint density at radius 2 is 2.11 bits per heavy atom. The molecule has 0 radical (unpaired) electrons. The van der Waals surface area contributed by atoms with E-state index in [1.165, 1.54) is 12.3 Å². The van der Waals surface area contributed by atoms with Gasteiger partial charge in [-0.25, -0.2) is 4.98 Å². The molecule has 2 aromatic heterocycles. The van der Waals surface area contributed by atoms with Crippen molar-refractivity contribution in [3.05, 3.63) is 39.3 Å². The van der Waals surface area contributed by atoms with Crippen LogP contribution in [-0.4, -0.2) is 16.0 Å². The molecule has 0 atom stereocenters. The van der Waals surface area contributed by atoms with E-state index in [2.05, 4.69) is 15.5 Å². The van der Waals surface area contributed by atoms with E-state index >= 15 is 0 Å². The van der Waals surface area contributed by atoms with E-state index in [4.69, 9.17) is 27.7 Å². The Labute approximate surface area is 113 Å². The molecule has 0 fully saturated rings. The van der Waals surface area contributed by atoms with Crippen molar-refractivity contribution in [3.8, 4) is 0 Å². The fraction of sp³-hybridized carbons (Fsp3) is 0.182. The van der Waals surface area contributed by atoms with Gasteiger partial charge in [0.1, 0.15) is 5.15 Å². The molecule has 0 unspecified atom stereocenters. The Bertz CT molecular complexity index is 610. The van der Waals surface area contributed by atoms with Gasteiger partial charge in [0.05, 0.1) is 16.3 Å². The first-order valence-corrected chi connectivity index (χ1v) is 5.80. The number of pyridine rings is 1. The first-order chi connectivity index (χ1) is 8.49. The van der Waals surface area contributed by atoms with Gasteiger partial charge >= 0.3 is 0 Å². The number of aryl methyl sites for hydroxylation is 1. The highest BCUT2D eigenvalue weighted by atomic mass is 35.5. The van der Waals surface area contributed by atoms with Crippen molar-refractivity contribution in [1.29, 1.82) is 0 Å². The molecule has 2 rings (SSSR count). The van der Waals surface area contributed by atoms with Crippen molar-refractivity contribution in [3.63, 3.8) is 0 Å². The summed E-state index contributed by atoms with van der Waals surface area (Å²) in [6.07, 6.45) is 1.34. The predicted octanol–water partition coefficient (Wildman–Crippen LogP) is 3.25. The zero-order valence-corrected chi connectivity index (χ0v) is 11.1. The summed E-state index contributed by atoms with van der Waals surface area (Å²) < 4.78 is 4.98. The number of amides is 1. The molecule has 0 spiro atoms. The smallest absolute Gasteiger partial charge is 0.259 e. The number of nitrogens with one attached hydrogen (secondary N) is 1. The Kier molecular flexibility index (Phi) is 3.54. The number of hydrogen-bond acceptors (Lipinski definition) is 4. The van der Waals surface area contributed by atoms with Gasteiger partial charge in [-0.05, 0) is 19.9 Å². The van der Waals surface area contributed by atoms with Gasteiger partial charge in [0.25, 0.3) is 5.91 Å². The summed E-state index contributed by atoms with van der Waals surface area (Å²) in [6.45, 7) is 3.59. The molecular weight excluding hydrogens is 277 g/mol. The van der Waals surface area contributed by atoms with Crippen LogP contribution in [0.2, 0.25) is 10.2 Å². The van der Waals surface area contributed by atoms with E-state index in [-0.39, 0.29) is 21.6 Å². The van der Waals surface area contributed by atoms with Gasteiger partial charge in [-0.1, -0.05) is 28.4 Å². The molecule has 18 heavy (non-hydrogen) atoms. The number of nitrogens with zero attached hydrogens (tertiary/aromatic N) is 2. The number of hydrogen-bond donors (Lipinski definition) is 1. The van der Waals surface area contributed by atoms with Crippen molar-refractivity contribution >= 4 is 35.0 Å². The number of rotatable bonds is 2. The van der Waals surface area contributed by atoms with Crippen molar-refractivity contribution < 1.29 is 9.32 Å². The molecule has 7 heteroatoms. The lowest BCUT2D eigenvalue weighted by atomic mass is 10.2. The lowest BCUT2D eigenvalue weighted by Crippen LogP contribution is -2.12. The van der Waals surface area contributed by atoms with Crippen LogP contribution in [0.3, 0.4) is 0 Å². The molecule has 0 aliphatic heterocycles. The van der Waals surface area contributed by atoms with Gasteiger partial charge in [-0.15, -0.1) is 0 Å². The van der Waals surface area contributed by atoms with Crippen LogP contribution in [0.1, 0.15) is 21.6 Å².